The second-order valence-corrected chi connectivity index (χ2v) is 24.4. The predicted molar refractivity (Wildman–Crippen MR) is 293 cm³/mol. The van der Waals surface area contributed by atoms with E-state index in [2.05, 4.69) is 35.8 Å². The molecule has 5 aliphatic rings. The molecule has 5 saturated heterocycles. The van der Waals surface area contributed by atoms with E-state index in [1.165, 1.54) is 17.9 Å². The SMILES string of the molecule is Cc1cc(N)nc(-c2c(Cl)cc3c(N4CC5CCC(C4)N5)nc(OC[C@]45CCCN4C[C@@H](OCCCC(=O)N[C@H](C(=O)N4C[C@H](O)C[C@H]4C(=O)N[C@@H](C)c4ccc(-c6scnc6C)cc4)C(C)(C)C)C5)nc3c2F)c1C(F)(F)F. The van der Waals surface area contributed by atoms with Crippen molar-refractivity contribution in [2.75, 3.05) is 56.6 Å². The Kier molecular flexibility index (Phi) is 15.9. The van der Waals surface area contributed by atoms with Crippen LogP contribution in [0, 0.1) is 25.1 Å². The van der Waals surface area contributed by atoms with Crippen LogP contribution >= 0.6 is 22.9 Å². The molecule has 2 bridgehead atoms. The Morgan fingerprint density at radius 2 is 1.76 bits per heavy atom. The fraction of sp³-hybridized carbons (Fsp3) is 0.554. The lowest BCUT2D eigenvalue weighted by atomic mass is 9.85. The number of amides is 3. The van der Waals surface area contributed by atoms with Gasteiger partial charge in [0.2, 0.25) is 17.7 Å². The second kappa shape index (κ2) is 22.3. The number of carbonyl (C=O) groups is 3. The number of thiazole rings is 1. The fourth-order valence-electron chi connectivity index (χ4n) is 12.4. The normalized spacial score (nSPS) is 24.0. The number of aryl methyl sites for hydroxylation is 2. The second-order valence-electron chi connectivity index (χ2n) is 23.1. The molecule has 79 heavy (non-hydrogen) atoms. The minimum absolute atomic E-state index is 0.0461. The number of ether oxygens (including phenoxy) is 2. The molecule has 0 spiro atoms. The number of piperazine rings is 1. The quantitative estimate of drug-likeness (QED) is 0.0469. The molecule has 424 valence electrons. The largest absolute Gasteiger partial charge is 0.461 e. The third-order valence-electron chi connectivity index (χ3n) is 16.3. The number of β-amino-alcohol motifs (C(OH)–C–C–N with tert-alkyl or cyclic N) is 1. The molecule has 5 aliphatic heterocycles. The standard InChI is InChI=1S/C56H68ClF4N11O6S/c1-29-19-41(62)66-47(44(29)56(59,60)61)43-39(57)21-38-46(45(43)58)68-53(69-50(38)70-23-34-14-15-35(24-70)65-34)78-27-55-16-8-17-71(55)26-37(22-55)77-18-7-9-42(74)67-49(54(4,5)6)52(76)72-25-36(73)20-40(72)51(75)64-30(2)32-10-12-33(13-11-32)48-31(3)63-28-79-48/h10-13,19,21,28,30,34-37,40,49,65,73H,7-9,14-18,20,22-27H2,1-6H3,(H2,62,66)(H,64,75)(H,67,74)/t30-,34?,35?,36+,37-,40-,49+,55+/m0/s1. The monoisotopic (exact) mass is 1130 g/mol. The summed E-state index contributed by atoms with van der Waals surface area (Å²) in [5.41, 5.74) is 6.42. The van der Waals surface area contributed by atoms with Gasteiger partial charge in [0.15, 0.2) is 5.82 Å². The van der Waals surface area contributed by atoms with Gasteiger partial charge in [0, 0.05) is 63.1 Å². The van der Waals surface area contributed by atoms with E-state index in [9.17, 15) is 32.7 Å². The molecule has 0 radical (unpaired) electrons. The van der Waals surface area contributed by atoms with E-state index in [1.54, 1.807) is 16.8 Å². The van der Waals surface area contributed by atoms with Crippen LogP contribution in [-0.4, -0.2) is 140 Å². The number of nitrogen functional groups attached to an aromatic ring is 1. The van der Waals surface area contributed by atoms with E-state index in [4.69, 9.17) is 31.8 Å². The first-order valence-electron chi connectivity index (χ1n) is 27.1. The van der Waals surface area contributed by atoms with Crippen LogP contribution in [0.2, 0.25) is 5.02 Å². The third-order valence-corrected chi connectivity index (χ3v) is 17.6. The Morgan fingerprint density at radius 1 is 1.03 bits per heavy atom. The number of aliphatic hydroxyl groups is 1. The number of rotatable bonds is 16. The van der Waals surface area contributed by atoms with Gasteiger partial charge in [-0.15, -0.1) is 11.3 Å². The maximum Gasteiger partial charge on any atom is 0.418 e. The van der Waals surface area contributed by atoms with Crippen molar-refractivity contribution >= 4 is 63.2 Å². The van der Waals surface area contributed by atoms with Crippen molar-refractivity contribution in [1.29, 1.82) is 0 Å². The summed E-state index contributed by atoms with van der Waals surface area (Å²) in [7, 11) is 0. The summed E-state index contributed by atoms with van der Waals surface area (Å²) >= 11 is 8.28. The molecule has 6 N–H and O–H groups in total. The minimum Gasteiger partial charge on any atom is -0.461 e. The summed E-state index contributed by atoms with van der Waals surface area (Å²) in [5, 5.41) is 20.3. The van der Waals surface area contributed by atoms with Gasteiger partial charge in [-0.25, -0.2) is 14.4 Å². The molecule has 23 heteroatoms. The van der Waals surface area contributed by atoms with Crippen LogP contribution in [-0.2, 0) is 25.3 Å². The van der Waals surface area contributed by atoms with Gasteiger partial charge in [-0.3, -0.25) is 19.3 Å². The van der Waals surface area contributed by atoms with Gasteiger partial charge in [-0.1, -0.05) is 56.6 Å². The number of alkyl halides is 3. The molecule has 8 atom stereocenters. The summed E-state index contributed by atoms with van der Waals surface area (Å²) < 4.78 is 73.7. The molecule has 17 nitrogen and oxygen atoms in total. The molecule has 10 rings (SSSR count). The van der Waals surface area contributed by atoms with Crippen LogP contribution in [0.5, 0.6) is 6.01 Å². The number of pyridine rings is 1. The predicted octanol–water partition coefficient (Wildman–Crippen LogP) is 7.92. The molecule has 3 aromatic heterocycles. The Morgan fingerprint density at radius 3 is 2.44 bits per heavy atom. The van der Waals surface area contributed by atoms with Gasteiger partial charge >= 0.3 is 12.2 Å². The van der Waals surface area contributed by atoms with E-state index in [1.807, 2.05) is 63.8 Å². The molecule has 8 heterocycles. The lowest BCUT2D eigenvalue weighted by Crippen LogP contribution is -2.57. The Labute approximate surface area is 465 Å². The van der Waals surface area contributed by atoms with Crippen LogP contribution < -0.4 is 31.3 Å². The van der Waals surface area contributed by atoms with Gasteiger partial charge in [0.05, 0.1) is 61.7 Å². The summed E-state index contributed by atoms with van der Waals surface area (Å²) in [6, 6.07) is 8.26. The number of hydrogen-bond donors (Lipinski definition) is 5. The lowest BCUT2D eigenvalue weighted by molar-refractivity contribution is -0.144. The number of nitrogens with one attached hydrogen (secondary N) is 3. The van der Waals surface area contributed by atoms with Gasteiger partial charge in [-0.05, 0) is 100 Å². The summed E-state index contributed by atoms with van der Waals surface area (Å²) in [4.78, 5) is 66.2. The van der Waals surface area contributed by atoms with Crippen LogP contribution in [0.15, 0.2) is 41.9 Å². The number of carbonyl (C=O) groups excluding carboxylic acids is 3. The van der Waals surface area contributed by atoms with Crippen molar-refractivity contribution in [3.8, 4) is 27.7 Å². The highest BCUT2D eigenvalue weighted by Crippen LogP contribution is 2.46. The first-order valence-corrected chi connectivity index (χ1v) is 28.4. The zero-order valence-corrected chi connectivity index (χ0v) is 46.8. The van der Waals surface area contributed by atoms with Crippen molar-refractivity contribution in [2.45, 2.75) is 147 Å². The summed E-state index contributed by atoms with van der Waals surface area (Å²) in [6.07, 6.45) is -1.38. The summed E-state index contributed by atoms with van der Waals surface area (Å²) in [5.74, 6) is -2.16. The molecule has 0 saturated carbocycles. The van der Waals surface area contributed by atoms with E-state index < -0.39 is 69.8 Å². The first-order chi connectivity index (χ1) is 37.5. The number of benzene rings is 2. The number of hydrogen-bond acceptors (Lipinski definition) is 15. The highest BCUT2D eigenvalue weighted by molar-refractivity contribution is 7.13. The van der Waals surface area contributed by atoms with Crippen molar-refractivity contribution in [1.82, 2.24) is 45.7 Å². The van der Waals surface area contributed by atoms with Gasteiger partial charge < -0.3 is 46.1 Å². The van der Waals surface area contributed by atoms with Crippen molar-refractivity contribution in [2.24, 2.45) is 5.41 Å². The zero-order valence-electron chi connectivity index (χ0n) is 45.2. The minimum atomic E-state index is -4.90. The first kappa shape index (κ1) is 56.5. The molecular weight excluding hydrogens is 1070 g/mol. The Balaban J connectivity index is 0.775. The molecular formula is C56H68ClF4N11O6S. The van der Waals surface area contributed by atoms with Crippen molar-refractivity contribution < 1.29 is 46.5 Å². The highest BCUT2D eigenvalue weighted by Gasteiger charge is 2.50. The van der Waals surface area contributed by atoms with Gasteiger partial charge in [0.25, 0.3) is 0 Å². The molecule has 5 aromatic rings. The van der Waals surface area contributed by atoms with Crippen LogP contribution in [0.4, 0.5) is 29.2 Å². The molecule has 0 aliphatic carbocycles. The zero-order chi connectivity index (χ0) is 56.3. The number of nitrogens with zero attached hydrogens (tertiary/aromatic N) is 7. The van der Waals surface area contributed by atoms with E-state index in [0.717, 1.165) is 60.0 Å². The molecule has 3 amide bonds. The highest BCUT2D eigenvalue weighted by atomic mass is 35.5. The topological polar surface area (TPSA) is 213 Å². The number of likely N-dealkylation sites (tertiary alicyclic amines) is 1. The Hall–Kier alpha value is -5.78. The fourth-order valence-corrected chi connectivity index (χ4v) is 13.5. The van der Waals surface area contributed by atoms with Crippen LogP contribution in [0.25, 0.3) is 32.6 Å². The molecule has 5 fully saturated rings. The number of aromatic nitrogens is 4. The summed E-state index contributed by atoms with van der Waals surface area (Å²) in [6.45, 7) is 13.4. The van der Waals surface area contributed by atoms with E-state index in [0.29, 0.717) is 38.3 Å². The average molecular weight is 1130 g/mol. The average Bonchev–Trinajstić information content (AvgIpc) is 4.38. The third kappa shape index (κ3) is 11.7. The number of nitrogens with two attached hydrogens (primary N) is 1. The number of anilines is 2. The molecule has 2 unspecified atom stereocenters. The van der Waals surface area contributed by atoms with Crippen molar-refractivity contribution in [3.63, 3.8) is 0 Å². The van der Waals surface area contributed by atoms with Crippen molar-refractivity contribution in [3.05, 3.63) is 75.1 Å². The van der Waals surface area contributed by atoms with E-state index >= 15 is 4.39 Å². The maximum atomic E-state index is 17.1. The van der Waals surface area contributed by atoms with Crippen LogP contribution in [0.3, 0.4) is 0 Å². The number of aliphatic hydroxyl groups excluding tert-OH is 1. The van der Waals surface area contributed by atoms with Gasteiger partial charge in [0.1, 0.15) is 35.8 Å². The van der Waals surface area contributed by atoms with Gasteiger partial charge in [-0.2, -0.15) is 23.1 Å². The number of halogens is 5. The van der Waals surface area contributed by atoms with E-state index in [-0.39, 0.29) is 96.1 Å². The maximum absolute atomic E-state index is 17.1. The lowest BCUT2D eigenvalue weighted by Gasteiger charge is -2.35. The Bertz CT molecular complexity index is 3110. The smallest absolute Gasteiger partial charge is 0.418 e. The number of fused-ring (bicyclic) bond motifs is 4. The van der Waals surface area contributed by atoms with Crippen LogP contribution in [0.1, 0.15) is 107 Å². The molecule has 2 aromatic carbocycles.